The van der Waals surface area contributed by atoms with Crippen LogP contribution in [-0.2, 0) is 9.53 Å². The number of nitrogens with zero attached hydrogens (tertiary/aromatic N) is 2. The molecule has 1 aliphatic heterocycles. The first-order valence-electron chi connectivity index (χ1n) is 8.26. The largest absolute Gasteiger partial charge is 0.381 e. The minimum atomic E-state index is -0.506. The fraction of sp³-hybridized carbons (Fsp3) is 0.875. The van der Waals surface area contributed by atoms with Gasteiger partial charge in [0.2, 0.25) is 5.91 Å². The molecule has 0 aliphatic carbocycles. The van der Waals surface area contributed by atoms with Crippen molar-refractivity contribution in [1.29, 1.82) is 0 Å². The predicted octanol–water partition coefficient (Wildman–Crippen LogP) is 1.70. The summed E-state index contributed by atoms with van der Waals surface area (Å²) in [5, 5.41) is 6.17. The molecule has 1 aliphatic rings. The SMILES string of the molecule is CCNC(=O)C(C)(C)CN=C(NCC)N(C)CC1CCOC1.I. The lowest BCUT2D eigenvalue weighted by Gasteiger charge is -2.26. The summed E-state index contributed by atoms with van der Waals surface area (Å²) in [7, 11) is 2.04. The molecular formula is C16H33IN4O2. The fourth-order valence-electron chi connectivity index (χ4n) is 2.41. The molecule has 0 spiro atoms. The van der Waals surface area contributed by atoms with Crippen molar-refractivity contribution >= 4 is 35.8 Å². The molecule has 0 aromatic carbocycles. The van der Waals surface area contributed by atoms with Gasteiger partial charge < -0.3 is 20.3 Å². The monoisotopic (exact) mass is 440 g/mol. The normalized spacial score (nSPS) is 18.3. The molecule has 1 saturated heterocycles. The Morgan fingerprint density at radius 3 is 2.48 bits per heavy atom. The number of carbonyl (C=O) groups excluding carboxylic acids is 1. The van der Waals surface area contributed by atoms with Gasteiger partial charge in [0.25, 0.3) is 0 Å². The van der Waals surface area contributed by atoms with E-state index in [0.29, 0.717) is 19.0 Å². The summed E-state index contributed by atoms with van der Waals surface area (Å²) >= 11 is 0. The number of aliphatic imine (C=N–C) groups is 1. The lowest BCUT2D eigenvalue weighted by molar-refractivity contribution is -0.128. The molecule has 1 fully saturated rings. The maximum Gasteiger partial charge on any atom is 0.227 e. The number of halogens is 1. The van der Waals surface area contributed by atoms with Gasteiger partial charge in [-0.05, 0) is 34.1 Å². The molecule has 0 aromatic heterocycles. The first kappa shape index (κ1) is 22.4. The molecule has 0 radical (unpaired) electrons. The minimum Gasteiger partial charge on any atom is -0.381 e. The van der Waals surface area contributed by atoms with E-state index in [9.17, 15) is 4.79 Å². The van der Waals surface area contributed by atoms with Crippen LogP contribution in [0.5, 0.6) is 0 Å². The number of carbonyl (C=O) groups is 1. The number of nitrogens with one attached hydrogen (secondary N) is 2. The quantitative estimate of drug-likeness (QED) is 0.360. The molecule has 23 heavy (non-hydrogen) atoms. The van der Waals surface area contributed by atoms with Crippen LogP contribution >= 0.6 is 24.0 Å². The summed E-state index contributed by atoms with van der Waals surface area (Å²) < 4.78 is 5.43. The highest BCUT2D eigenvalue weighted by Gasteiger charge is 2.27. The summed E-state index contributed by atoms with van der Waals surface area (Å²) in [5.41, 5.74) is -0.506. The van der Waals surface area contributed by atoms with Crippen molar-refractivity contribution in [3.05, 3.63) is 0 Å². The van der Waals surface area contributed by atoms with Crippen molar-refractivity contribution < 1.29 is 9.53 Å². The molecule has 6 nitrogen and oxygen atoms in total. The molecule has 1 rings (SSSR count). The van der Waals surface area contributed by atoms with Crippen molar-refractivity contribution in [3.63, 3.8) is 0 Å². The first-order chi connectivity index (χ1) is 10.4. The maximum absolute atomic E-state index is 12.1. The van der Waals surface area contributed by atoms with Crippen LogP contribution in [0, 0.1) is 11.3 Å². The Morgan fingerprint density at radius 1 is 1.30 bits per heavy atom. The summed E-state index contributed by atoms with van der Waals surface area (Å²) in [6.07, 6.45) is 1.11. The van der Waals surface area contributed by atoms with Gasteiger partial charge in [-0.15, -0.1) is 24.0 Å². The zero-order chi connectivity index (χ0) is 16.6. The fourth-order valence-corrected chi connectivity index (χ4v) is 2.41. The molecule has 0 saturated carbocycles. The second-order valence-electron chi connectivity index (χ2n) is 6.52. The van der Waals surface area contributed by atoms with Crippen molar-refractivity contribution in [2.24, 2.45) is 16.3 Å². The van der Waals surface area contributed by atoms with E-state index in [-0.39, 0.29) is 29.9 Å². The number of hydrogen-bond acceptors (Lipinski definition) is 3. The Kier molecular flexibility index (Phi) is 10.8. The average molecular weight is 440 g/mol. The van der Waals surface area contributed by atoms with Crippen LogP contribution in [0.1, 0.15) is 34.1 Å². The van der Waals surface area contributed by atoms with E-state index in [2.05, 4.69) is 27.4 Å². The van der Waals surface area contributed by atoms with Gasteiger partial charge in [0, 0.05) is 39.2 Å². The molecular weight excluding hydrogens is 407 g/mol. The lowest BCUT2D eigenvalue weighted by Crippen LogP contribution is -2.43. The zero-order valence-electron chi connectivity index (χ0n) is 15.1. The molecule has 136 valence electrons. The Bertz CT molecular complexity index is 382. The lowest BCUT2D eigenvalue weighted by atomic mass is 9.92. The van der Waals surface area contributed by atoms with Gasteiger partial charge in [-0.2, -0.15) is 0 Å². The first-order valence-corrected chi connectivity index (χ1v) is 8.26. The van der Waals surface area contributed by atoms with E-state index in [4.69, 9.17) is 4.74 Å². The average Bonchev–Trinajstić information content (AvgIpc) is 2.96. The van der Waals surface area contributed by atoms with Gasteiger partial charge >= 0.3 is 0 Å². The van der Waals surface area contributed by atoms with Gasteiger partial charge in [-0.1, -0.05) is 0 Å². The van der Waals surface area contributed by atoms with E-state index in [0.717, 1.165) is 38.7 Å². The molecule has 0 aromatic rings. The summed E-state index contributed by atoms with van der Waals surface area (Å²) in [4.78, 5) is 18.8. The summed E-state index contributed by atoms with van der Waals surface area (Å²) in [6.45, 7) is 12.4. The smallest absolute Gasteiger partial charge is 0.227 e. The highest BCUT2D eigenvalue weighted by Crippen LogP contribution is 2.16. The molecule has 2 N–H and O–H groups in total. The number of hydrogen-bond donors (Lipinski definition) is 2. The second-order valence-corrected chi connectivity index (χ2v) is 6.52. The number of ether oxygens (including phenoxy) is 1. The van der Waals surface area contributed by atoms with Crippen molar-refractivity contribution in [1.82, 2.24) is 15.5 Å². The Balaban J connectivity index is 0.00000484. The van der Waals surface area contributed by atoms with E-state index in [1.54, 1.807) is 0 Å². The predicted molar refractivity (Wildman–Crippen MR) is 105 cm³/mol. The van der Waals surface area contributed by atoms with Crippen LogP contribution < -0.4 is 10.6 Å². The number of rotatable bonds is 7. The maximum atomic E-state index is 12.1. The Morgan fingerprint density at radius 2 is 1.96 bits per heavy atom. The molecule has 1 amide bonds. The standard InChI is InChI=1S/C16H32N4O2.HI/c1-6-17-14(21)16(3,4)12-19-15(18-7-2)20(5)10-13-8-9-22-11-13;/h13H,6-12H2,1-5H3,(H,17,21)(H,18,19);1H. The van der Waals surface area contributed by atoms with Gasteiger partial charge in [0.15, 0.2) is 5.96 Å². The van der Waals surface area contributed by atoms with E-state index < -0.39 is 5.41 Å². The van der Waals surface area contributed by atoms with Gasteiger partial charge in [-0.3, -0.25) is 9.79 Å². The van der Waals surface area contributed by atoms with Crippen LogP contribution in [0.25, 0.3) is 0 Å². The van der Waals surface area contributed by atoms with Gasteiger partial charge in [0.05, 0.1) is 18.6 Å². The van der Waals surface area contributed by atoms with Crippen molar-refractivity contribution in [2.75, 3.05) is 46.4 Å². The number of amides is 1. The third kappa shape index (κ3) is 7.69. The molecule has 0 bridgehead atoms. The van der Waals surface area contributed by atoms with Crippen LogP contribution in [0.2, 0.25) is 0 Å². The van der Waals surface area contributed by atoms with Crippen LogP contribution in [-0.4, -0.2) is 63.2 Å². The van der Waals surface area contributed by atoms with E-state index in [1.807, 2.05) is 27.8 Å². The third-order valence-electron chi connectivity index (χ3n) is 3.83. The summed E-state index contributed by atoms with van der Waals surface area (Å²) in [5.74, 6) is 1.46. The van der Waals surface area contributed by atoms with Gasteiger partial charge in [0.1, 0.15) is 0 Å². The van der Waals surface area contributed by atoms with Crippen LogP contribution in [0.3, 0.4) is 0 Å². The number of guanidine groups is 1. The van der Waals surface area contributed by atoms with Crippen LogP contribution in [0.15, 0.2) is 4.99 Å². The molecule has 1 atom stereocenters. The van der Waals surface area contributed by atoms with Crippen molar-refractivity contribution in [3.8, 4) is 0 Å². The van der Waals surface area contributed by atoms with E-state index in [1.165, 1.54) is 0 Å². The van der Waals surface area contributed by atoms with Gasteiger partial charge in [-0.25, -0.2) is 0 Å². The second kappa shape index (κ2) is 11.1. The molecule has 1 heterocycles. The van der Waals surface area contributed by atoms with E-state index >= 15 is 0 Å². The van der Waals surface area contributed by atoms with Crippen LogP contribution in [0.4, 0.5) is 0 Å². The topological polar surface area (TPSA) is 66.0 Å². The Labute approximate surface area is 157 Å². The van der Waals surface area contributed by atoms with Crippen molar-refractivity contribution in [2.45, 2.75) is 34.1 Å². The molecule has 7 heteroatoms. The third-order valence-corrected chi connectivity index (χ3v) is 3.83. The highest BCUT2D eigenvalue weighted by atomic mass is 127. The highest BCUT2D eigenvalue weighted by molar-refractivity contribution is 14.0. The molecule has 1 unspecified atom stereocenters. The zero-order valence-corrected chi connectivity index (χ0v) is 17.5. The minimum absolute atomic E-state index is 0. The summed E-state index contributed by atoms with van der Waals surface area (Å²) in [6, 6.07) is 0. The Hall–Kier alpha value is -0.570.